The Labute approximate surface area is 144 Å². The summed E-state index contributed by atoms with van der Waals surface area (Å²) in [5, 5.41) is 15.7. The predicted molar refractivity (Wildman–Crippen MR) is 80.2 cm³/mol. The first kappa shape index (κ1) is 18.2. The molecule has 0 aromatic carbocycles. The van der Waals surface area contributed by atoms with Crippen LogP contribution in [0.3, 0.4) is 0 Å². The topological polar surface area (TPSA) is 101 Å². The average Bonchev–Trinajstić information content (AvgIpc) is 3.13. The summed E-state index contributed by atoms with van der Waals surface area (Å²) in [5.74, 6) is -0.151. The summed E-state index contributed by atoms with van der Waals surface area (Å²) in [5.41, 5.74) is 0. The van der Waals surface area contributed by atoms with Crippen molar-refractivity contribution in [3.05, 3.63) is 28.0 Å². The zero-order chi connectivity index (χ0) is 16.2. The number of rotatable bonds is 5. The van der Waals surface area contributed by atoms with Gasteiger partial charge in [-0.15, -0.1) is 0 Å². The molecule has 10 heteroatoms. The van der Waals surface area contributed by atoms with Crippen molar-refractivity contribution in [2.24, 2.45) is 5.10 Å². The highest BCUT2D eigenvalue weighted by molar-refractivity contribution is 5.78. The third-order valence-corrected chi connectivity index (χ3v) is 3.88. The number of hydrazone groups is 1. The summed E-state index contributed by atoms with van der Waals surface area (Å²) in [4.78, 5) is 24.0. The minimum atomic E-state index is -0.629. The molecule has 0 spiro atoms. The van der Waals surface area contributed by atoms with Gasteiger partial charge in [-0.2, -0.15) is 10.1 Å². The molecule has 3 rings (SSSR count). The molecule has 9 nitrogen and oxygen atoms in total. The van der Waals surface area contributed by atoms with Crippen LogP contribution in [0, 0.1) is 10.1 Å². The number of furan rings is 1. The van der Waals surface area contributed by atoms with Crippen molar-refractivity contribution in [1.29, 1.82) is 0 Å². The second kappa shape index (κ2) is 8.11. The molecule has 0 aliphatic carbocycles. The van der Waals surface area contributed by atoms with Crippen molar-refractivity contribution in [1.82, 2.24) is 9.91 Å². The van der Waals surface area contributed by atoms with Crippen LogP contribution < -0.4 is 12.4 Å². The number of carbonyl (C=O) groups is 1. The number of ether oxygens (including phenoxy) is 1. The first-order chi connectivity index (χ1) is 11.1. The van der Waals surface area contributed by atoms with Gasteiger partial charge in [0.05, 0.1) is 18.8 Å². The maximum absolute atomic E-state index is 11.8. The van der Waals surface area contributed by atoms with Gasteiger partial charge in [0.15, 0.2) is 5.76 Å². The van der Waals surface area contributed by atoms with Crippen molar-refractivity contribution in [2.75, 3.05) is 26.2 Å². The molecule has 2 aliphatic heterocycles. The van der Waals surface area contributed by atoms with E-state index in [-0.39, 0.29) is 30.2 Å². The molecule has 0 saturated carbocycles. The van der Waals surface area contributed by atoms with Crippen LogP contribution in [0.5, 0.6) is 0 Å². The largest absolute Gasteiger partial charge is 1.00 e. The number of hydrogen-bond acceptors (Lipinski definition) is 7. The number of nitrogens with zero attached hydrogens (tertiary/aromatic N) is 4. The number of piperidine rings is 1. The highest BCUT2D eigenvalue weighted by Gasteiger charge is 2.32. The number of halogens is 1. The highest BCUT2D eigenvalue weighted by atomic mass is 35.5. The summed E-state index contributed by atoms with van der Waals surface area (Å²) in [6.07, 6.45) is 4.18. The van der Waals surface area contributed by atoms with E-state index in [2.05, 4.69) is 10.0 Å². The molecule has 1 atom stereocenters. The molecule has 3 heterocycles. The van der Waals surface area contributed by atoms with E-state index in [9.17, 15) is 14.9 Å². The summed E-state index contributed by atoms with van der Waals surface area (Å²) < 4.78 is 10.3. The minimum Gasteiger partial charge on any atom is -1.00 e. The lowest BCUT2D eigenvalue weighted by Gasteiger charge is -2.27. The van der Waals surface area contributed by atoms with Crippen LogP contribution in [0.15, 0.2) is 21.7 Å². The van der Waals surface area contributed by atoms with Gasteiger partial charge in [-0.3, -0.25) is 15.0 Å². The summed E-state index contributed by atoms with van der Waals surface area (Å²) in [6.45, 7) is 3.15. The van der Waals surface area contributed by atoms with Crippen molar-refractivity contribution >= 4 is 18.2 Å². The van der Waals surface area contributed by atoms with Gasteiger partial charge in [0.2, 0.25) is 0 Å². The highest BCUT2D eigenvalue weighted by Crippen LogP contribution is 2.17. The van der Waals surface area contributed by atoms with Crippen LogP contribution >= 0.6 is 0 Å². The lowest BCUT2D eigenvalue weighted by atomic mass is 10.1. The Kier molecular flexibility index (Phi) is 6.16. The Hall–Kier alpha value is -2.13. The molecule has 132 valence electrons. The van der Waals surface area contributed by atoms with E-state index in [1.165, 1.54) is 42.6 Å². The molecule has 1 amide bonds. The third-order valence-electron chi connectivity index (χ3n) is 3.88. The zero-order valence-electron chi connectivity index (χ0n) is 13.0. The lowest BCUT2D eigenvalue weighted by molar-refractivity contribution is -0.402. The van der Waals surface area contributed by atoms with Crippen LogP contribution in [0.4, 0.5) is 10.7 Å². The number of carbonyl (C=O) groups excluding carboxylic acids is 1. The molecule has 24 heavy (non-hydrogen) atoms. The van der Waals surface area contributed by atoms with E-state index in [0.29, 0.717) is 13.1 Å². The Morgan fingerprint density at radius 1 is 1.33 bits per heavy atom. The molecular weight excluding hydrogens is 340 g/mol. The van der Waals surface area contributed by atoms with E-state index in [4.69, 9.17) is 9.15 Å². The zero-order valence-corrected chi connectivity index (χ0v) is 13.7. The minimum absolute atomic E-state index is 0. The van der Waals surface area contributed by atoms with E-state index < -0.39 is 11.0 Å². The second-order valence-electron chi connectivity index (χ2n) is 5.63. The SMILES string of the molecule is O=C1OC(CN2CCCCC2)CN1/N=C/c1ccc([N+](=O)[O-])o1.[Cl-]. The quantitative estimate of drug-likeness (QED) is 0.374. The maximum atomic E-state index is 11.8. The number of cyclic esters (lactones) is 1. The molecular formula is C14H18ClN4O5-. The van der Waals surface area contributed by atoms with Gasteiger partial charge in [0.1, 0.15) is 11.0 Å². The van der Waals surface area contributed by atoms with Crippen molar-refractivity contribution in [3.8, 4) is 0 Å². The van der Waals surface area contributed by atoms with E-state index in [1.54, 1.807) is 0 Å². The molecule has 1 aromatic rings. The van der Waals surface area contributed by atoms with Gasteiger partial charge in [0, 0.05) is 6.54 Å². The van der Waals surface area contributed by atoms with Crippen LogP contribution in [0.1, 0.15) is 25.0 Å². The number of amides is 1. The van der Waals surface area contributed by atoms with Gasteiger partial charge in [-0.25, -0.2) is 4.79 Å². The molecule has 0 N–H and O–H groups in total. The standard InChI is InChI=1S/C14H18N4O5.ClH/c19-14-17(15-8-11-4-5-13(22-11)18(20)21)10-12(23-14)9-16-6-2-1-3-7-16;/h4-5,8,12H,1-3,6-7,9-10H2;1H/p-1/b15-8+;. The van der Waals surface area contributed by atoms with Crippen molar-refractivity contribution in [2.45, 2.75) is 25.4 Å². The van der Waals surface area contributed by atoms with Crippen LogP contribution in [0.25, 0.3) is 0 Å². The lowest BCUT2D eigenvalue weighted by Crippen LogP contribution is -3.00. The van der Waals surface area contributed by atoms with E-state index in [0.717, 1.165) is 13.1 Å². The smallest absolute Gasteiger partial charge is 0.433 e. The van der Waals surface area contributed by atoms with Gasteiger partial charge in [-0.1, -0.05) is 6.42 Å². The molecule has 2 aliphatic rings. The number of nitro groups is 1. The Morgan fingerprint density at radius 2 is 2.08 bits per heavy atom. The Morgan fingerprint density at radius 3 is 2.75 bits per heavy atom. The average molecular weight is 358 g/mol. The first-order valence-corrected chi connectivity index (χ1v) is 7.60. The number of likely N-dealkylation sites (tertiary alicyclic amines) is 1. The molecule has 2 saturated heterocycles. The van der Waals surface area contributed by atoms with Crippen LogP contribution in [-0.2, 0) is 4.74 Å². The first-order valence-electron chi connectivity index (χ1n) is 7.60. The summed E-state index contributed by atoms with van der Waals surface area (Å²) in [7, 11) is 0. The molecule has 1 unspecified atom stereocenters. The fourth-order valence-corrected chi connectivity index (χ4v) is 2.76. The predicted octanol–water partition coefficient (Wildman–Crippen LogP) is -1.17. The number of hydrogen-bond donors (Lipinski definition) is 0. The van der Waals surface area contributed by atoms with Gasteiger partial charge in [0.25, 0.3) is 0 Å². The van der Waals surface area contributed by atoms with Gasteiger partial charge >= 0.3 is 12.0 Å². The van der Waals surface area contributed by atoms with Crippen LogP contribution in [-0.4, -0.2) is 59.4 Å². The third kappa shape index (κ3) is 4.45. The second-order valence-corrected chi connectivity index (χ2v) is 5.63. The van der Waals surface area contributed by atoms with Crippen LogP contribution in [0.2, 0.25) is 0 Å². The molecule has 2 fully saturated rings. The van der Waals surface area contributed by atoms with E-state index in [1.807, 2.05) is 0 Å². The fraction of sp³-hybridized carbons (Fsp3) is 0.571. The fourth-order valence-electron chi connectivity index (χ4n) is 2.76. The Bertz CT molecular complexity index is 614. The Balaban J connectivity index is 0.00000208. The summed E-state index contributed by atoms with van der Waals surface area (Å²) >= 11 is 0. The summed E-state index contributed by atoms with van der Waals surface area (Å²) in [6, 6.07) is 2.66. The maximum Gasteiger partial charge on any atom is 0.433 e. The monoisotopic (exact) mass is 357 g/mol. The van der Waals surface area contributed by atoms with Crippen molar-refractivity contribution in [3.63, 3.8) is 0 Å². The molecule has 0 bridgehead atoms. The normalized spacial score (nSPS) is 21.8. The van der Waals surface area contributed by atoms with Gasteiger partial charge in [-0.05, 0) is 32.0 Å². The van der Waals surface area contributed by atoms with Gasteiger partial charge < -0.3 is 21.6 Å². The molecule has 0 radical (unpaired) electrons. The van der Waals surface area contributed by atoms with Crippen molar-refractivity contribution < 1.29 is 31.3 Å². The van der Waals surface area contributed by atoms with E-state index >= 15 is 0 Å². The molecule has 1 aromatic heterocycles.